The summed E-state index contributed by atoms with van der Waals surface area (Å²) in [7, 11) is 1.67. The van der Waals surface area contributed by atoms with Crippen molar-refractivity contribution in [3.05, 3.63) is 28.8 Å². The number of rotatable bonds is 3. The lowest BCUT2D eigenvalue weighted by atomic mass is 10.1. The van der Waals surface area contributed by atoms with Gasteiger partial charge < -0.3 is 4.74 Å². The Balaban J connectivity index is 2.94. The number of aryl methyl sites for hydroxylation is 1. The molecule has 0 radical (unpaired) electrons. The number of benzene rings is 1. The third kappa shape index (κ3) is 2.15. The molecule has 0 fully saturated rings. The summed E-state index contributed by atoms with van der Waals surface area (Å²) in [6.07, 6.45) is 2.17. The molecule has 1 aromatic carbocycles. The molecule has 0 saturated heterocycles. The van der Waals surface area contributed by atoms with Gasteiger partial charge in [0.05, 0.1) is 7.11 Å². The summed E-state index contributed by atoms with van der Waals surface area (Å²) < 4.78 is 5.19. The van der Waals surface area contributed by atoms with Crippen molar-refractivity contribution in [3.8, 4) is 5.75 Å². The average molecular weight is 185 g/mol. The van der Waals surface area contributed by atoms with Crippen LogP contribution in [0.5, 0.6) is 5.75 Å². The van der Waals surface area contributed by atoms with Crippen molar-refractivity contribution in [2.75, 3.05) is 7.11 Å². The summed E-state index contributed by atoms with van der Waals surface area (Å²) in [4.78, 5) is 0. The van der Waals surface area contributed by atoms with Crippen molar-refractivity contribution in [1.29, 1.82) is 0 Å². The van der Waals surface area contributed by atoms with Gasteiger partial charge in [-0.1, -0.05) is 31.0 Å². The first-order valence-electron chi connectivity index (χ1n) is 4.10. The fourth-order valence-corrected chi connectivity index (χ4v) is 1.36. The topological polar surface area (TPSA) is 9.23 Å². The van der Waals surface area contributed by atoms with Crippen LogP contribution in [0, 0.1) is 0 Å². The van der Waals surface area contributed by atoms with E-state index in [9.17, 15) is 0 Å². The number of hydrogen-bond acceptors (Lipinski definition) is 1. The minimum Gasteiger partial charge on any atom is -0.496 e. The quantitative estimate of drug-likeness (QED) is 0.701. The molecule has 0 unspecified atom stereocenters. The molecule has 1 nitrogen and oxygen atoms in total. The van der Waals surface area contributed by atoms with Gasteiger partial charge in [0.1, 0.15) is 5.75 Å². The van der Waals surface area contributed by atoms with Gasteiger partial charge in [-0.15, -0.1) is 0 Å². The predicted octanol–water partition coefficient (Wildman–Crippen LogP) is 3.30. The molecule has 0 heterocycles. The van der Waals surface area contributed by atoms with E-state index in [1.54, 1.807) is 7.11 Å². The van der Waals surface area contributed by atoms with Crippen LogP contribution in [0.2, 0.25) is 5.02 Å². The van der Waals surface area contributed by atoms with Crippen molar-refractivity contribution in [2.45, 2.75) is 19.8 Å². The van der Waals surface area contributed by atoms with Gasteiger partial charge >= 0.3 is 0 Å². The Bertz CT molecular complexity index is 258. The van der Waals surface area contributed by atoms with Gasteiger partial charge in [-0.2, -0.15) is 0 Å². The Morgan fingerprint density at radius 2 is 2.17 bits per heavy atom. The van der Waals surface area contributed by atoms with Crippen LogP contribution in [0.15, 0.2) is 18.2 Å². The van der Waals surface area contributed by atoms with E-state index < -0.39 is 0 Å². The standard InChI is InChI=1S/C10H13ClO/c1-3-4-8-5-6-9(11)7-10(8)12-2/h5-7H,3-4H2,1-2H3. The predicted molar refractivity (Wildman–Crippen MR) is 52.0 cm³/mol. The largest absolute Gasteiger partial charge is 0.496 e. The summed E-state index contributed by atoms with van der Waals surface area (Å²) in [6.45, 7) is 2.15. The Hall–Kier alpha value is -0.690. The number of methoxy groups -OCH3 is 1. The SMILES string of the molecule is CCCc1ccc(Cl)cc1OC. The van der Waals surface area contributed by atoms with Crippen LogP contribution in [-0.4, -0.2) is 7.11 Å². The molecule has 0 bridgehead atoms. The Labute approximate surface area is 78.3 Å². The summed E-state index contributed by atoms with van der Waals surface area (Å²) in [5.41, 5.74) is 1.23. The summed E-state index contributed by atoms with van der Waals surface area (Å²) >= 11 is 5.82. The van der Waals surface area contributed by atoms with E-state index in [0.29, 0.717) is 0 Å². The van der Waals surface area contributed by atoms with Crippen molar-refractivity contribution < 1.29 is 4.74 Å². The van der Waals surface area contributed by atoms with Gasteiger partial charge in [-0.3, -0.25) is 0 Å². The van der Waals surface area contributed by atoms with Gasteiger partial charge in [-0.25, -0.2) is 0 Å². The van der Waals surface area contributed by atoms with E-state index >= 15 is 0 Å². The molecule has 12 heavy (non-hydrogen) atoms. The Kier molecular flexibility index (Phi) is 3.42. The van der Waals surface area contributed by atoms with Gasteiger partial charge in [-0.05, 0) is 24.1 Å². The highest BCUT2D eigenvalue weighted by atomic mass is 35.5. The normalized spacial score (nSPS) is 9.92. The smallest absolute Gasteiger partial charge is 0.123 e. The maximum Gasteiger partial charge on any atom is 0.123 e. The average Bonchev–Trinajstić information content (AvgIpc) is 2.08. The second-order valence-electron chi connectivity index (χ2n) is 2.71. The minimum atomic E-state index is 0.728. The molecule has 0 aromatic heterocycles. The van der Waals surface area contributed by atoms with Crippen molar-refractivity contribution in [2.24, 2.45) is 0 Å². The molecule has 0 amide bonds. The molecule has 0 aliphatic carbocycles. The molecule has 1 aromatic rings. The second kappa shape index (κ2) is 4.36. The maximum absolute atomic E-state index is 5.82. The third-order valence-electron chi connectivity index (χ3n) is 1.77. The van der Waals surface area contributed by atoms with Crippen molar-refractivity contribution in [3.63, 3.8) is 0 Å². The van der Waals surface area contributed by atoms with Crippen LogP contribution in [0.3, 0.4) is 0 Å². The molecule has 0 atom stereocenters. The van der Waals surface area contributed by atoms with Crippen LogP contribution in [0.1, 0.15) is 18.9 Å². The van der Waals surface area contributed by atoms with Crippen LogP contribution < -0.4 is 4.74 Å². The van der Waals surface area contributed by atoms with Crippen molar-refractivity contribution >= 4 is 11.6 Å². The van der Waals surface area contributed by atoms with E-state index in [4.69, 9.17) is 16.3 Å². The first kappa shape index (κ1) is 9.40. The van der Waals surface area contributed by atoms with Crippen LogP contribution in [0.25, 0.3) is 0 Å². The molecule has 2 heteroatoms. The molecular weight excluding hydrogens is 172 g/mol. The number of halogens is 1. The maximum atomic E-state index is 5.82. The van der Waals surface area contributed by atoms with Crippen LogP contribution >= 0.6 is 11.6 Å². The summed E-state index contributed by atoms with van der Waals surface area (Å²) in [5.74, 6) is 0.893. The van der Waals surface area contributed by atoms with Crippen molar-refractivity contribution in [1.82, 2.24) is 0 Å². The Morgan fingerprint density at radius 1 is 1.42 bits per heavy atom. The fraction of sp³-hybridized carbons (Fsp3) is 0.400. The minimum absolute atomic E-state index is 0.728. The zero-order valence-corrected chi connectivity index (χ0v) is 8.19. The highest BCUT2D eigenvalue weighted by Gasteiger charge is 2.01. The highest BCUT2D eigenvalue weighted by Crippen LogP contribution is 2.23. The van der Waals surface area contributed by atoms with Crippen LogP contribution in [0.4, 0.5) is 0 Å². The number of ether oxygens (including phenoxy) is 1. The summed E-state index contributed by atoms with van der Waals surface area (Å²) in [5, 5.41) is 0.728. The van der Waals surface area contributed by atoms with Gasteiger partial charge in [0, 0.05) is 5.02 Å². The van der Waals surface area contributed by atoms with E-state index in [0.717, 1.165) is 23.6 Å². The zero-order valence-electron chi connectivity index (χ0n) is 7.43. The molecular formula is C10H13ClO. The molecule has 0 aliphatic rings. The monoisotopic (exact) mass is 184 g/mol. The van der Waals surface area contributed by atoms with E-state index in [-0.39, 0.29) is 0 Å². The fourth-order valence-electron chi connectivity index (χ4n) is 1.19. The lowest BCUT2D eigenvalue weighted by molar-refractivity contribution is 0.409. The highest BCUT2D eigenvalue weighted by molar-refractivity contribution is 6.30. The molecule has 66 valence electrons. The molecule has 0 N–H and O–H groups in total. The molecule has 0 aliphatic heterocycles. The van der Waals surface area contributed by atoms with E-state index in [2.05, 4.69) is 6.92 Å². The first-order valence-corrected chi connectivity index (χ1v) is 4.48. The van der Waals surface area contributed by atoms with Gasteiger partial charge in [0.2, 0.25) is 0 Å². The third-order valence-corrected chi connectivity index (χ3v) is 2.00. The van der Waals surface area contributed by atoms with E-state index in [1.807, 2.05) is 18.2 Å². The lowest BCUT2D eigenvalue weighted by Crippen LogP contribution is -1.90. The summed E-state index contributed by atoms with van der Waals surface area (Å²) in [6, 6.07) is 5.77. The van der Waals surface area contributed by atoms with Gasteiger partial charge in [0.15, 0.2) is 0 Å². The molecule has 1 rings (SSSR count). The zero-order chi connectivity index (χ0) is 8.97. The molecule has 0 spiro atoms. The van der Waals surface area contributed by atoms with Gasteiger partial charge in [0.25, 0.3) is 0 Å². The van der Waals surface area contributed by atoms with Crippen LogP contribution in [-0.2, 0) is 6.42 Å². The van der Waals surface area contributed by atoms with E-state index in [1.165, 1.54) is 5.56 Å². The lowest BCUT2D eigenvalue weighted by Gasteiger charge is -2.06. The molecule has 0 saturated carbocycles. The Morgan fingerprint density at radius 3 is 2.75 bits per heavy atom. The second-order valence-corrected chi connectivity index (χ2v) is 3.14. The number of hydrogen-bond donors (Lipinski definition) is 0. The first-order chi connectivity index (χ1) is 5.77.